The van der Waals surface area contributed by atoms with Gasteiger partial charge in [-0.1, -0.05) is 51.0 Å². The van der Waals surface area contributed by atoms with Crippen molar-refractivity contribution in [3.63, 3.8) is 0 Å². The number of rotatable bonds is 13. The fourth-order valence-corrected chi connectivity index (χ4v) is 4.22. The Bertz CT molecular complexity index is 1220. The molecule has 0 saturated heterocycles. The summed E-state index contributed by atoms with van der Waals surface area (Å²) in [4.78, 5) is 9.21. The second-order valence-corrected chi connectivity index (χ2v) is 8.72. The van der Waals surface area contributed by atoms with Crippen molar-refractivity contribution in [2.75, 3.05) is 14.2 Å². The summed E-state index contributed by atoms with van der Waals surface area (Å²) in [5.74, 6) is 1.09. The molecule has 4 aromatic rings. The molecule has 1 aromatic carbocycles. The number of nitrogens with zero attached hydrogens (tertiary/aromatic N) is 7. The van der Waals surface area contributed by atoms with Gasteiger partial charge in [-0.15, -0.1) is 10.2 Å². The van der Waals surface area contributed by atoms with E-state index in [2.05, 4.69) is 63.7 Å². The Hall–Kier alpha value is -3.50. The average molecular weight is 491 g/mol. The fourth-order valence-electron chi connectivity index (χ4n) is 4.22. The average Bonchev–Trinajstić information content (AvgIpc) is 3.60. The summed E-state index contributed by atoms with van der Waals surface area (Å²) in [6.07, 6.45) is 9.00. The van der Waals surface area contributed by atoms with Gasteiger partial charge in [-0.3, -0.25) is 4.98 Å². The van der Waals surface area contributed by atoms with Crippen LogP contribution in [-0.4, -0.2) is 54.6 Å². The van der Waals surface area contributed by atoms with Gasteiger partial charge in [0, 0.05) is 57.1 Å². The Labute approximate surface area is 211 Å². The number of hydrogen-bond donors (Lipinski definition) is 1. The van der Waals surface area contributed by atoms with Crippen molar-refractivity contribution in [1.82, 2.24) is 40.4 Å². The van der Waals surface area contributed by atoms with E-state index >= 15 is 0 Å². The molecule has 3 heterocycles. The molecule has 3 aromatic heterocycles. The predicted molar refractivity (Wildman–Crippen MR) is 136 cm³/mol. The van der Waals surface area contributed by atoms with Gasteiger partial charge < -0.3 is 9.47 Å². The highest BCUT2D eigenvalue weighted by Crippen LogP contribution is 2.31. The molecule has 0 aliphatic carbocycles. The lowest BCUT2D eigenvalue weighted by Gasteiger charge is -2.27. The number of H-pyrrole nitrogens is 1. The normalized spacial score (nSPS) is 11.8. The van der Waals surface area contributed by atoms with Gasteiger partial charge in [0.15, 0.2) is 0 Å². The van der Waals surface area contributed by atoms with Gasteiger partial charge >= 0.3 is 0 Å². The minimum absolute atomic E-state index is 0.538. The zero-order valence-corrected chi connectivity index (χ0v) is 21.4. The third-order valence-corrected chi connectivity index (χ3v) is 6.37. The Kier molecular flexibility index (Phi) is 8.50. The molecule has 0 amide bonds. The summed E-state index contributed by atoms with van der Waals surface area (Å²) < 4.78 is 13.6. The molecule has 0 atom stereocenters. The first kappa shape index (κ1) is 25.6. The molecule has 36 heavy (non-hydrogen) atoms. The van der Waals surface area contributed by atoms with Crippen LogP contribution >= 0.6 is 0 Å². The van der Waals surface area contributed by atoms with Crippen LogP contribution < -0.4 is 0 Å². The lowest BCUT2D eigenvalue weighted by Crippen LogP contribution is -2.32. The van der Waals surface area contributed by atoms with Gasteiger partial charge in [0.2, 0.25) is 17.4 Å². The highest BCUT2D eigenvalue weighted by atomic mass is 16.7. The number of hydrogen-bond acceptors (Lipinski definition) is 8. The predicted octanol–water partition coefficient (Wildman–Crippen LogP) is 4.55. The summed E-state index contributed by atoms with van der Waals surface area (Å²) in [5.41, 5.74) is 3.98. The number of tetrazole rings is 1. The minimum Gasteiger partial charge on any atom is -0.347 e. The summed E-state index contributed by atoms with van der Waals surface area (Å²) in [7, 11) is 3.32. The highest BCUT2D eigenvalue weighted by Gasteiger charge is 2.37. The SMILES string of the molecule is CCCCn1nc(C(CCCC)(OC)OC)nc1Cc1ccc(-c2cnccc2-c2nn[nH]n2)cc1. The van der Waals surface area contributed by atoms with Crippen molar-refractivity contribution in [3.8, 4) is 22.5 Å². The smallest absolute Gasteiger partial charge is 0.231 e. The fraction of sp³-hybridized carbons (Fsp3) is 0.462. The van der Waals surface area contributed by atoms with E-state index in [1.54, 1.807) is 20.4 Å². The molecule has 0 radical (unpaired) electrons. The van der Waals surface area contributed by atoms with E-state index < -0.39 is 5.79 Å². The monoisotopic (exact) mass is 490 g/mol. The van der Waals surface area contributed by atoms with Crippen molar-refractivity contribution in [3.05, 3.63) is 59.9 Å². The Morgan fingerprint density at radius 2 is 1.75 bits per heavy atom. The van der Waals surface area contributed by atoms with E-state index in [0.29, 0.717) is 24.5 Å². The number of aromatic nitrogens is 8. The molecule has 0 spiro atoms. The first-order chi connectivity index (χ1) is 17.6. The Morgan fingerprint density at radius 1 is 0.972 bits per heavy atom. The molecule has 0 saturated carbocycles. The number of pyridine rings is 1. The lowest BCUT2D eigenvalue weighted by molar-refractivity contribution is -0.226. The van der Waals surface area contributed by atoms with Crippen LogP contribution in [0.15, 0.2) is 42.7 Å². The topological polar surface area (TPSA) is 117 Å². The molecule has 0 unspecified atom stereocenters. The molecular weight excluding hydrogens is 456 g/mol. The molecule has 0 aliphatic heterocycles. The number of methoxy groups -OCH3 is 2. The van der Waals surface area contributed by atoms with Crippen LogP contribution in [0, 0.1) is 0 Å². The van der Waals surface area contributed by atoms with Gasteiger partial charge in [0.05, 0.1) is 0 Å². The van der Waals surface area contributed by atoms with E-state index in [-0.39, 0.29) is 0 Å². The number of aryl methyl sites for hydroxylation is 1. The van der Waals surface area contributed by atoms with Crippen molar-refractivity contribution in [1.29, 1.82) is 0 Å². The standard InChI is InChI=1S/C26H34N8O2/c1-5-7-14-26(35-3,36-4)25-28-23(34(31-25)16-8-6-2)17-19-9-11-20(12-10-19)22-18-27-15-13-21(22)24-29-32-33-30-24/h9-13,15,18H,5-8,14,16-17H2,1-4H3,(H,29,30,32,33). The summed E-state index contributed by atoms with van der Waals surface area (Å²) in [6, 6.07) is 10.3. The van der Waals surface area contributed by atoms with Gasteiger partial charge in [-0.2, -0.15) is 10.3 Å². The molecule has 0 aliphatic rings. The van der Waals surface area contributed by atoms with Crippen LogP contribution in [0.4, 0.5) is 0 Å². The molecule has 10 nitrogen and oxygen atoms in total. The van der Waals surface area contributed by atoms with Gasteiger partial charge in [0.1, 0.15) is 5.82 Å². The van der Waals surface area contributed by atoms with Crippen LogP contribution in [0.25, 0.3) is 22.5 Å². The molecule has 4 rings (SSSR count). The number of nitrogens with one attached hydrogen (secondary N) is 1. The number of ether oxygens (including phenoxy) is 2. The number of benzene rings is 1. The van der Waals surface area contributed by atoms with E-state index in [1.807, 2.05) is 16.9 Å². The minimum atomic E-state index is -0.933. The molecule has 0 fully saturated rings. The van der Waals surface area contributed by atoms with Crippen molar-refractivity contribution >= 4 is 0 Å². The third-order valence-electron chi connectivity index (χ3n) is 6.37. The van der Waals surface area contributed by atoms with Crippen LogP contribution in [0.2, 0.25) is 0 Å². The third kappa shape index (κ3) is 5.50. The molecule has 190 valence electrons. The molecule has 0 bridgehead atoms. The second kappa shape index (κ2) is 12.0. The van der Waals surface area contributed by atoms with E-state index in [4.69, 9.17) is 19.6 Å². The van der Waals surface area contributed by atoms with Crippen LogP contribution in [0.3, 0.4) is 0 Å². The number of unbranched alkanes of at least 4 members (excludes halogenated alkanes) is 2. The van der Waals surface area contributed by atoms with Crippen LogP contribution in [0.5, 0.6) is 0 Å². The van der Waals surface area contributed by atoms with Crippen molar-refractivity contribution in [2.45, 2.75) is 64.7 Å². The van der Waals surface area contributed by atoms with Crippen LogP contribution in [0.1, 0.15) is 63.2 Å². The van der Waals surface area contributed by atoms with Crippen LogP contribution in [-0.2, 0) is 28.2 Å². The quantitative estimate of drug-likeness (QED) is 0.271. The summed E-state index contributed by atoms with van der Waals surface area (Å²) >= 11 is 0. The molecule has 10 heteroatoms. The summed E-state index contributed by atoms with van der Waals surface area (Å²) in [5, 5.41) is 19.3. The maximum atomic E-state index is 5.82. The van der Waals surface area contributed by atoms with Crippen molar-refractivity contribution in [2.24, 2.45) is 0 Å². The maximum Gasteiger partial charge on any atom is 0.231 e. The molecule has 1 N–H and O–H groups in total. The van der Waals surface area contributed by atoms with Crippen molar-refractivity contribution < 1.29 is 9.47 Å². The van der Waals surface area contributed by atoms with E-state index in [0.717, 1.165) is 60.3 Å². The van der Waals surface area contributed by atoms with Gasteiger partial charge in [-0.25, -0.2) is 9.67 Å². The highest BCUT2D eigenvalue weighted by molar-refractivity contribution is 5.79. The summed E-state index contributed by atoms with van der Waals surface area (Å²) in [6.45, 7) is 5.13. The zero-order chi connectivity index (χ0) is 25.4. The number of aromatic amines is 1. The van der Waals surface area contributed by atoms with E-state index in [9.17, 15) is 0 Å². The maximum absolute atomic E-state index is 5.82. The Morgan fingerprint density at radius 3 is 2.42 bits per heavy atom. The lowest BCUT2D eigenvalue weighted by atomic mass is 9.99. The van der Waals surface area contributed by atoms with E-state index in [1.165, 1.54) is 0 Å². The second-order valence-electron chi connectivity index (χ2n) is 8.72. The first-order valence-electron chi connectivity index (χ1n) is 12.5. The molecular formula is C26H34N8O2. The van der Waals surface area contributed by atoms with Gasteiger partial charge in [-0.05, 0) is 35.2 Å². The zero-order valence-electron chi connectivity index (χ0n) is 21.4. The first-order valence-corrected chi connectivity index (χ1v) is 12.5. The largest absolute Gasteiger partial charge is 0.347 e. The van der Waals surface area contributed by atoms with Gasteiger partial charge in [0.25, 0.3) is 0 Å². The Balaban J connectivity index is 1.61.